The second kappa shape index (κ2) is 7.09. The zero-order valence-corrected chi connectivity index (χ0v) is 13.0. The first-order valence-corrected chi connectivity index (χ1v) is 7.89. The van der Waals surface area contributed by atoms with Gasteiger partial charge in [-0.25, -0.2) is 0 Å². The van der Waals surface area contributed by atoms with Gasteiger partial charge >= 0.3 is 0 Å². The van der Waals surface area contributed by atoms with Crippen LogP contribution in [0.2, 0.25) is 0 Å². The zero-order valence-electron chi connectivity index (χ0n) is 13.0. The van der Waals surface area contributed by atoms with Crippen LogP contribution in [0.4, 0.5) is 0 Å². The van der Waals surface area contributed by atoms with E-state index < -0.39 is 0 Å². The Balaban J connectivity index is 1.85. The first-order chi connectivity index (χ1) is 9.60. The van der Waals surface area contributed by atoms with Crippen molar-refractivity contribution in [2.45, 2.75) is 58.2 Å². The van der Waals surface area contributed by atoms with Gasteiger partial charge in [-0.3, -0.25) is 4.90 Å². The molecule has 1 fully saturated rings. The van der Waals surface area contributed by atoms with Gasteiger partial charge in [-0.1, -0.05) is 19.1 Å². The molecule has 2 rings (SSSR count). The summed E-state index contributed by atoms with van der Waals surface area (Å²) in [6.07, 6.45) is 3.66. The van der Waals surface area contributed by atoms with Crippen LogP contribution in [0.25, 0.3) is 0 Å². The summed E-state index contributed by atoms with van der Waals surface area (Å²) in [5, 5.41) is 13.1. The van der Waals surface area contributed by atoms with Crippen molar-refractivity contribution in [2.24, 2.45) is 0 Å². The summed E-state index contributed by atoms with van der Waals surface area (Å²) < 4.78 is 0. The topological polar surface area (TPSA) is 35.5 Å². The van der Waals surface area contributed by atoms with Gasteiger partial charge < -0.3 is 10.4 Å². The average Bonchev–Trinajstić information content (AvgIpc) is 2.48. The van der Waals surface area contributed by atoms with Gasteiger partial charge in [0, 0.05) is 31.2 Å². The standard InChI is InChI=1S/C17H28N2O/c1-4-13(2)18-16-9-11-19(12-10-16)14(3)15-5-7-17(20)8-6-15/h5-8,13-14,16,18,20H,4,9-12H2,1-3H3. The number of hydrogen-bond donors (Lipinski definition) is 2. The van der Waals surface area contributed by atoms with Gasteiger partial charge in [0.15, 0.2) is 0 Å². The lowest BCUT2D eigenvalue weighted by molar-refractivity contribution is 0.148. The number of nitrogens with zero attached hydrogens (tertiary/aromatic N) is 1. The van der Waals surface area contributed by atoms with Crippen LogP contribution in [0.15, 0.2) is 24.3 Å². The van der Waals surface area contributed by atoms with E-state index in [9.17, 15) is 5.11 Å². The summed E-state index contributed by atoms with van der Waals surface area (Å²) in [6, 6.07) is 9.36. The van der Waals surface area contributed by atoms with E-state index in [0.29, 0.717) is 23.9 Å². The van der Waals surface area contributed by atoms with Crippen molar-refractivity contribution >= 4 is 0 Å². The van der Waals surface area contributed by atoms with Crippen LogP contribution in [0.5, 0.6) is 5.75 Å². The molecule has 0 spiro atoms. The van der Waals surface area contributed by atoms with Crippen LogP contribution in [0.3, 0.4) is 0 Å². The Hall–Kier alpha value is -1.06. The molecule has 2 atom stereocenters. The van der Waals surface area contributed by atoms with Gasteiger partial charge in [-0.15, -0.1) is 0 Å². The number of nitrogens with one attached hydrogen (secondary N) is 1. The third kappa shape index (κ3) is 3.97. The van der Waals surface area contributed by atoms with Crippen molar-refractivity contribution in [3.05, 3.63) is 29.8 Å². The second-order valence-electron chi connectivity index (χ2n) is 6.05. The maximum atomic E-state index is 9.37. The third-order valence-electron chi connectivity index (χ3n) is 4.59. The van der Waals surface area contributed by atoms with Crippen LogP contribution in [0.1, 0.15) is 51.6 Å². The van der Waals surface area contributed by atoms with Crippen LogP contribution >= 0.6 is 0 Å². The Morgan fingerprint density at radius 2 is 1.80 bits per heavy atom. The first-order valence-electron chi connectivity index (χ1n) is 7.89. The molecule has 0 saturated carbocycles. The fourth-order valence-corrected chi connectivity index (χ4v) is 2.94. The number of benzene rings is 1. The Morgan fingerprint density at radius 1 is 1.20 bits per heavy atom. The molecule has 3 nitrogen and oxygen atoms in total. The summed E-state index contributed by atoms with van der Waals surface area (Å²) in [5.74, 6) is 0.345. The summed E-state index contributed by atoms with van der Waals surface area (Å²) in [7, 11) is 0. The van der Waals surface area contributed by atoms with Crippen LogP contribution in [-0.4, -0.2) is 35.2 Å². The highest BCUT2D eigenvalue weighted by Crippen LogP contribution is 2.25. The molecular weight excluding hydrogens is 248 g/mol. The summed E-state index contributed by atoms with van der Waals surface area (Å²) in [5.41, 5.74) is 1.29. The largest absolute Gasteiger partial charge is 0.508 e. The normalized spacial score (nSPS) is 20.8. The number of phenols is 1. The van der Waals surface area contributed by atoms with Gasteiger partial charge in [0.25, 0.3) is 0 Å². The van der Waals surface area contributed by atoms with E-state index in [1.54, 1.807) is 12.1 Å². The Bertz CT molecular complexity index is 396. The van der Waals surface area contributed by atoms with Gasteiger partial charge in [-0.2, -0.15) is 0 Å². The van der Waals surface area contributed by atoms with E-state index in [2.05, 4.69) is 31.0 Å². The molecule has 2 N–H and O–H groups in total. The highest BCUT2D eigenvalue weighted by atomic mass is 16.3. The van der Waals surface area contributed by atoms with Gasteiger partial charge in [0.1, 0.15) is 5.75 Å². The maximum Gasteiger partial charge on any atom is 0.115 e. The van der Waals surface area contributed by atoms with Gasteiger partial charge in [0.05, 0.1) is 0 Å². The van der Waals surface area contributed by atoms with Crippen molar-refractivity contribution in [3.63, 3.8) is 0 Å². The van der Waals surface area contributed by atoms with Crippen LogP contribution < -0.4 is 5.32 Å². The van der Waals surface area contributed by atoms with Crippen molar-refractivity contribution in [1.29, 1.82) is 0 Å². The minimum Gasteiger partial charge on any atom is -0.508 e. The second-order valence-corrected chi connectivity index (χ2v) is 6.05. The van der Waals surface area contributed by atoms with Crippen molar-refractivity contribution in [1.82, 2.24) is 10.2 Å². The molecule has 0 aliphatic carbocycles. The van der Waals surface area contributed by atoms with Gasteiger partial charge in [-0.05, 0) is 50.8 Å². The predicted molar refractivity (Wildman–Crippen MR) is 84.0 cm³/mol. The number of aromatic hydroxyl groups is 1. The molecule has 0 radical (unpaired) electrons. The van der Waals surface area contributed by atoms with Crippen LogP contribution in [0, 0.1) is 0 Å². The molecule has 1 aromatic carbocycles. The predicted octanol–water partition coefficient (Wildman–Crippen LogP) is 3.31. The van der Waals surface area contributed by atoms with Gasteiger partial charge in [0.2, 0.25) is 0 Å². The van der Waals surface area contributed by atoms with E-state index in [1.807, 2.05) is 12.1 Å². The Labute approximate surface area is 123 Å². The van der Waals surface area contributed by atoms with E-state index >= 15 is 0 Å². The number of hydrogen-bond acceptors (Lipinski definition) is 3. The minimum atomic E-state index is 0.345. The molecule has 0 aromatic heterocycles. The molecule has 2 unspecified atom stereocenters. The van der Waals surface area contributed by atoms with E-state index in [-0.39, 0.29) is 0 Å². The average molecular weight is 276 g/mol. The molecule has 1 aliphatic heterocycles. The number of piperidine rings is 1. The number of rotatable bonds is 5. The molecule has 112 valence electrons. The number of phenolic OH excluding ortho intramolecular Hbond substituents is 1. The zero-order chi connectivity index (χ0) is 14.5. The molecule has 0 amide bonds. The van der Waals surface area contributed by atoms with Crippen LogP contribution in [-0.2, 0) is 0 Å². The van der Waals surface area contributed by atoms with E-state index in [0.717, 1.165) is 13.1 Å². The fraction of sp³-hybridized carbons (Fsp3) is 0.647. The Kier molecular flexibility index (Phi) is 5.44. The molecular formula is C17H28N2O. The SMILES string of the molecule is CCC(C)NC1CCN(C(C)c2ccc(O)cc2)CC1. The molecule has 1 aromatic rings. The lowest BCUT2D eigenvalue weighted by Gasteiger charge is -2.37. The quantitative estimate of drug-likeness (QED) is 0.866. The monoisotopic (exact) mass is 276 g/mol. The fourth-order valence-electron chi connectivity index (χ4n) is 2.94. The first kappa shape index (κ1) is 15.3. The van der Waals surface area contributed by atoms with E-state index in [1.165, 1.54) is 24.8 Å². The molecule has 20 heavy (non-hydrogen) atoms. The summed E-state index contributed by atoms with van der Waals surface area (Å²) >= 11 is 0. The Morgan fingerprint density at radius 3 is 2.35 bits per heavy atom. The third-order valence-corrected chi connectivity index (χ3v) is 4.59. The van der Waals surface area contributed by atoms with Crippen molar-refractivity contribution < 1.29 is 5.11 Å². The molecule has 1 aliphatic rings. The smallest absolute Gasteiger partial charge is 0.115 e. The summed E-state index contributed by atoms with van der Waals surface area (Å²) in [6.45, 7) is 9.06. The maximum absolute atomic E-state index is 9.37. The molecule has 1 saturated heterocycles. The number of likely N-dealkylation sites (tertiary alicyclic amines) is 1. The minimum absolute atomic E-state index is 0.345. The highest BCUT2D eigenvalue weighted by Gasteiger charge is 2.23. The molecule has 3 heteroatoms. The highest BCUT2D eigenvalue weighted by molar-refractivity contribution is 5.27. The lowest BCUT2D eigenvalue weighted by Crippen LogP contribution is -2.45. The lowest BCUT2D eigenvalue weighted by atomic mass is 9.99. The molecule has 0 bridgehead atoms. The van der Waals surface area contributed by atoms with Crippen molar-refractivity contribution in [3.8, 4) is 5.75 Å². The van der Waals surface area contributed by atoms with Crippen molar-refractivity contribution in [2.75, 3.05) is 13.1 Å². The summed E-state index contributed by atoms with van der Waals surface area (Å²) in [4.78, 5) is 2.54. The molecule has 1 heterocycles. The van der Waals surface area contributed by atoms with E-state index in [4.69, 9.17) is 0 Å².